The Morgan fingerprint density at radius 1 is 1.09 bits per heavy atom. The van der Waals surface area contributed by atoms with Crippen molar-refractivity contribution in [1.82, 2.24) is 19.9 Å². The van der Waals surface area contributed by atoms with Crippen molar-refractivity contribution in [3.8, 4) is 11.1 Å². The molecular weight excluding hydrogens is 438 g/mol. The number of pyridine rings is 1. The fourth-order valence-corrected chi connectivity index (χ4v) is 3.84. The molecule has 1 amide bonds. The summed E-state index contributed by atoms with van der Waals surface area (Å²) in [7, 11) is 1.59. The first-order valence-electron chi connectivity index (χ1n) is 11.0. The average molecular weight is 466 g/mol. The van der Waals surface area contributed by atoms with Crippen molar-refractivity contribution in [3.05, 3.63) is 46.9 Å². The van der Waals surface area contributed by atoms with E-state index >= 15 is 0 Å². The van der Waals surface area contributed by atoms with Crippen LogP contribution in [-0.4, -0.2) is 69.7 Å². The van der Waals surface area contributed by atoms with Crippen LogP contribution in [0, 0.1) is 10.1 Å². The first kappa shape index (κ1) is 23.1. The summed E-state index contributed by atoms with van der Waals surface area (Å²) in [6.45, 7) is 7.77. The maximum Gasteiger partial charge on any atom is 0.410 e. The predicted molar refractivity (Wildman–Crippen MR) is 129 cm³/mol. The summed E-state index contributed by atoms with van der Waals surface area (Å²) in [4.78, 5) is 40.3. The van der Waals surface area contributed by atoms with E-state index in [4.69, 9.17) is 4.74 Å². The molecule has 0 aliphatic carbocycles. The van der Waals surface area contributed by atoms with Crippen LogP contribution in [0.25, 0.3) is 22.0 Å². The van der Waals surface area contributed by atoms with Crippen LogP contribution in [0.4, 0.5) is 22.1 Å². The number of ether oxygens (including phenoxy) is 1. The van der Waals surface area contributed by atoms with Crippen LogP contribution in [0.1, 0.15) is 20.8 Å². The van der Waals surface area contributed by atoms with Crippen LogP contribution in [0.3, 0.4) is 0 Å². The number of anilines is 2. The normalized spacial score (nSPS) is 14.2. The smallest absolute Gasteiger partial charge is 0.410 e. The number of piperazine rings is 1. The molecule has 1 N–H and O–H groups in total. The Morgan fingerprint density at radius 3 is 2.47 bits per heavy atom. The van der Waals surface area contributed by atoms with Gasteiger partial charge in [0, 0.05) is 56.4 Å². The van der Waals surface area contributed by atoms with E-state index in [1.807, 2.05) is 39.0 Å². The lowest BCUT2D eigenvalue weighted by molar-refractivity contribution is -0.384. The molecule has 3 aromatic rings. The minimum atomic E-state index is -0.539. The Hall–Kier alpha value is -4.02. The molecular formula is C23H27N7O4. The average Bonchev–Trinajstić information content (AvgIpc) is 2.82. The summed E-state index contributed by atoms with van der Waals surface area (Å²) in [5.74, 6) is 0.964. The van der Waals surface area contributed by atoms with E-state index in [1.54, 1.807) is 18.1 Å². The Morgan fingerprint density at radius 2 is 1.82 bits per heavy atom. The Bertz CT molecular complexity index is 1230. The van der Waals surface area contributed by atoms with Crippen LogP contribution in [-0.2, 0) is 4.74 Å². The third kappa shape index (κ3) is 4.82. The fraction of sp³-hybridized carbons (Fsp3) is 0.391. The summed E-state index contributed by atoms with van der Waals surface area (Å²) >= 11 is 0. The molecule has 178 valence electrons. The molecule has 1 aromatic carbocycles. The van der Waals surface area contributed by atoms with Gasteiger partial charge in [0.05, 0.1) is 10.4 Å². The molecule has 0 spiro atoms. The summed E-state index contributed by atoms with van der Waals surface area (Å²) < 4.78 is 5.48. The van der Waals surface area contributed by atoms with Crippen LogP contribution in [0.5, 0.6) is 0 Å². The molecule has 1 aliphatic heterocycles. The number of carbonyl (C=O) groups excluding carboxylic acids is 1. The standard InChI is InChI=1S/C23H27N7O4/c1-23(2,3)34-22(31)29-9-7-28(8-10-29)21-17-11-15(5-6-18(17)26-14-27-21)16-12-19(30(32)33)20(24-4)25-13-16/h5-6,11-14H,7-10H2,1-4H3,(H,24,25). The summed E-state index contributed by atoms with van der Waals surface area (Å²) in [5.41, 5.74) is 1.52. The molecule has 0 bridgehead atoms. The van der Waals surface area contributed by atoms with Crippen molar-refractivity contribution in [2.45, 2.75) is 26.4 Å². The number of fused-ring (bicyclic) bond motifs is 1. The number of rotatable bonds is 4. The topological polar surface area (TPSA) is 127 Å². The first-order chi connectivity index (χ1) is 16.2. The second-order valence-corrected chi connectivity index (χ2v) is 8.98. The maximum absolute atomic E-state index is 12.4. The van der Waals surface area contributed by atoms with Crippen LogP contribution in [0.15, 0.2) is 36.8 Å². The quantitative estimate of drug-likeness (QED) is 0.453. The lowest BCUT2D eigenvalue weighted by Gasteiger charge is -2.36. The highest BCUT2D eigenvalue weighted by Gasteiger charge is 2.27. The highest BCUT2D eigenvalue weighted by Crippen LogP contribution is 2.32. The summed E-state index contributed by atoms with van der Waals surface area (Å²) in [6.07, 6.45) is 2.80. The van der Waals surface area contributed by atoms with E-state index in [-0.39, 0.29) is 17.6 Å². The molecule has 0 atom stereocenters. The number of hydrogen-bond donors (Lipinski definition) is 1. The van der Waals surface area contributed by atoms with Gasteiger partial charge in [-0.15, -0.1) is 0 Å². The summed E-state index contributed by atoms with van der Waals surface area (Å²) in [6, 6.07) is 7.15. The molecule has 1 aliphatic rings. The van der Waals surface area contributed by atoms with Gasteiger partial charge in [0.2, 0.25) is 5.82 Å². The second kappa shape index (κ2) is 9.08. The van der Waals surface area contributed by atoms with E-state index in [0.717, 1.165) is 22.3 Å². The van der Waals surface area contributed by atoms with Crippen molar-refractivity contribution >= 4 is 34.3 Å². The first-order valence-corrected chi connectivity index (χ1v) is 11.0. The number of aromatic nitrogens is 3. The lowest BCUT2D eigenvalue weighted by Crippen LogP contribution is -2.50. The Labute approximate surface area is 196 Å². The molecule has 0 radical (unpaired) electrons. The van der Waals surface area contributed by atoms with Crippen LogP contribution in [0.2, 0.25) is 0 Å². The zero-order valence-corrected chi connectivity index (χ0v) is 19.6. The van der Waals surface area contributed by atoms with E-state index in [9.17, 15) is 14.9 Å². The number of nitrogens with one attached hydrogen (secondary N) is 1. The van der Waals surface area contributed by atoms with Crippen LogP contribution >= 0.6 is 0 Å². The van der Waals surface area contributed by atoms with Gasteiger partial charge in [-0.05, 0) is 38.5 Å². The van der Waals surface area contributed by atoms with Crippen LogP contribution < -0.4 is 10.2 Å². The molecule has 4 rings (SSSR count). The van der Waals surface area contributed by atoms with E-state index in [0.29, 0.717) is 31.7 Å². The van der Waals surface area contributed by atoms with Gasteiger partial charge in [-0.3, -0.25) is 10.1 Å². The number of nitro groups is 1. The minimum absolute atomic E-state index is 0.0945. The second-order valence-electron chi connectivity index (χ2n) is 8.98. The molecule has 1 saturated heterocycles. The van der Waals surface area contributed by atoms with E-state index in [1.165, 1.54) is 12.4 Å². The van der Waals surface area contributed by atoms with Gasteiger partial charge >= 0.3 is 11.8 Å². The summed E-state index contributed by atoms with van der Waals surface area (Å²) in [5, 5.41) is 15.0. The SMILES string of the molecule is CNc1ncc(-c2ccc3ncnc(N4CCN(C(=O)OC(C)(C)C)CC4)c3c2)cc1[N+](=O)[O-]. The third-order valence-corrected chi connectivity index (χ3v) is 5.48. The third-order valence-electron chi connectivity index (χ3n) is 5.48. The molecule has 1 fully saturated rings. The Kier molecular flexibility index (Phi) is 6.18. The van der Waals surface area contributed by atoms with Crippen molar-refractivity contribution in [1.29, 1.82) is 0 Å². The molecule has 0 unspecified atom stereocenters. The fourth-order valence-electron chi connectivity index (χ4n) is 3.84. The Balaban J connectivity index is 1.61. The van der Waals surface area contributed by atoms with Gasteiger partial charge < -0.3 is 19.9 Å². The molecule has 2 aromatic heterocycles. The number of amides is 1. The minimum Gasteiger partial charge on any atom is -0.444 e. The zero-order chi connectivity index (χ0) is 24.5. The van der Waals surface area contributed by atoms with Crippen molar-refractivity contribution in [2.24, 2.45) is 0 Å². The molecule has 0 saturated carbocycles. The number of nitrogens with zero attached hydrogens (tertiary/aromatic N) is 6. The highest BCUT2D eigenvalue weighted by atomic mass is 16.6. The van der Waals surface area contributed by atoms with Crippen molar-refractivity contribution in [3.63, 3.8) is 0 Å². The number of benzene rings is 1. The van der Waals surface area contributed by atoms with Crippen molar-refractivity contribution in [2.75, 3.05) is 43.4 Å². The van der Waals surface area contributed by atoms with Crippen molar-refractivity contribution < 1.29 is 14.5 Å². The van der Waals surface area contributed by atoms with Gasteiger partial charge in [0.15, 0.2) is 0 Å². The van der Waals surface area contributed by atoms with Gasteiger partial charge in [0.25, 0.3) is 0 Å². The highest BCUT2D eigenvalue weighted by molar-refractivity contribution is 5.93. The van der Waals surface area contributed by atoms with E-state index < -0.39 is 10.5 Å². The molecule has 3 heterocycles. The van der Waals surface area contributed by atoms with E-state index in [2.05, 4.69) is 25.2 Å². The zero-order valence-electron chi connectivity index (χ0n) is 19.6. The number of hydrogen-bond acceptors (Lipinski definition) is 9. The molecule has 11 heteroatoms. The molecule has 11 nitrogen and oxygen atoms in total. The number of carbonyl (C=O) groups is 1. The lowest BCUT2D eigenvalue weighted by atomic mass is 10.0. The monoisotopic (exact) mass is 465 g/mol. The maximum atomic E-state index is 12.4. The van der Waals surface area contributed by atoms with Gasteiger partial charge in [-0.1, -0.05) is 6.07 Å². The predicted octanol–water partition coefficient (Wildman–Crippen LogP) is 3.70. The molecule has 34 heavy (non-hydrogen) atoms. The largest absolute Gasteiger partial charge is 0.444 e. The van der Waals surface area contributed by atoms with Gasteiger partial charge in [-0.2, -0.15) is 0 Å². The van der Waals surface area contributed by atoms with Gasteiger partial charge in [0.1, 0.15) is 17.7 Å². The van der Waals surface area contributed by atoms with Gasteiger partial charge in [-0.25, -0.2) is 19.7 Å².